The van der Waals surface area contributed by atoms with E-state index in [1.165, 1.54) is 7.11 Å². The maximum Gasteiger partial charge on any atom is 0.291 e. The number of carbonyl (C=O) groups is 1. The van der Waals surface area contributed by atoms with Gasteiger partial charge in [-0.1, -0.05) is 6.07 Å². The first kappa shape index (κ1) is 24.0. The van der Waals surface area contributed by atoms with Gasteiger partial charge in [0.25, 0.3) is 5.91 Å². The second-order valence-electron chi connectivity index (χ2n) is 9.20. The van der Waals surface area contributed by atoms with Crippen LogP contribution in [0.4, 0.5) is 5.69 Å². The summed E-state index contributed by atoms with van der Waals surface area (Å²) in [5, 5.41) is 15.0. The fraction of sp³-hybridized carbons (Fsp3) is 0.321. The first-order valence-corrected chi connectivity index (χ1v) is 11.9. The highest BCUT2D eigenvalue weighted by Crippen LogP contribution is 2.36. The van der Waals surface area contributed by atoms with E-state index in [2.05, 4.69) is 10.2 Å². The molecule has 1 saturated heterocycles. The van der Waals surface area contributed by atoms with Crippen molar-refractivity contribution in [1.29, 1.82) is 0 Å². The average molecular weight is 491 g/mol. The Labute approximate surface area is 209 Å². The lowest BCUT2D eigenvalue weighted by molar-refractivity contribution is -0.0288. The summed E-state index contributed by atoms with van der Waals surface area (Å²) >= 11 is 0. The predicted octanol–water partition coefficient (Wildman–Crippen LogP) is 5.09. The molecule has 0 saturated carbocycles. The van der Waals surface area contributed by atoms with E-state index >= 15 is 0 Å². The van der Waals surface area contributed by atoms with Crippen molar-refractivity contribution in [2.75, 3.05) is 32.6 Å². The quantitative estimate of drug-likeness (QED) is 0.373. The van der Waals surface area contributed by atoms with E-state index in [9.17, 15) is 9.90 Å². The number of amides is 1. The van der Waals surface area contributed by atoms with E-state index in [1.54, 1.807) is 31.4 Å². The molecule has 4 aromatic rings. The zero-order valence-electron chi connectivity index (χ0n) is 20.7. The standard InChI is InChI=1S/C28H30N2O6/c1-18-4-6-22(35-18)17-30-12-10-28(32,11-13-30)20-5-8-24-19(14-20)15-26(36-24)27(31)29-23-16-21(33-2)7-9-25(23)34-3/h4-9,14-16,32H,10-13,17H2,1-3H3,(H,29,31). The molecule has 1 aliphatic heterocycles. The Morgan fingerprint density at radius 1 is 1.03 bits per heavy atom. The molecule has 0 radical (unpaired) electrons. The molecule has 0 unspecified atom stereocenters. The van der Waals surface area contributed by atoms with Crippen molar-refractivity contribution < 1.29 is 28.2 Å². The molecule has 1 aliphatic rings. The molecule has 188 valence electrons. The fourth-order valence-electron chi connectivity index (χ4n) is 4.70. The maximum absolute atomic E-state index is 12.9. The second kappa shape index (κ2) is 9.72. The second-order valence-corrected chi connectivity index (χ2v) is 9.20. The van der Waals surface area contributed by atoms with E-state index in [4.69, 9.17) is 18.3 Å². The minimum Gasteiger partial charge on any atom is -0.497 e. The Kier molecular flexibility index (Phi) is 6.47. The van der Waals surface area contributed by atoms with Gasteiger partial charge in [-0.2, -0.15) is 0 Å². The predicted molar refractivity (Wildman–Crippen MR) is 136 cm³/mol. The van der Waals surface area contributed by atoms with Gasteiger partial charge in [-0.25, -0.2) is 0 Å². The lowest BCUT2D eigenvalue weighted by Gasteiger charge is -2.38. The molecule has 1 fully saturated rings. The van der Waals surface area contributed by atoms with Crippen molar-refractivity contribution in [3.05, 3.63) is 77.4 Å². The minimum atomic E-state index is -0.933. The third-order valence-corrected chi connectivity index (χ3v) is 6.79. The van der Waals surface area contributed by atoms with Crippen LogP contribution in [0.1, 0.15) is 40.5 Å². The molecule has 2 aromatic carbocycles. The van der Waals surface area contributed by atoms with E-state index in [-0.39, 0.29) is 5.76 Å². The number of nitrogens with one attached hydrogen (secondary N) is 1. The number of carbonyl (C=O) groups excluding carboxylic acids is 1. The van der Waals surface area contributed by atoms with Crippen molar-refractivity contribution >= 4 is 22.6 Å². The van der Waals surface area contributed by atoms with Crippen LogP contribution in [-0.4, -0.2) is 43.2 Å². The number of anilines is 1. The molecule has 8 nitrogen and oxygen atoms in total. The van der Waals surface area contributed by atoms with Crippen LogP contribution in [-0.2, 0) is 12.1 Å². The first-order chi connectivity index (χ1) is 17.4. The molecule has 0 bridgehead atoms. The van der Waals surface area contributed by atoms with Gasteiger partial charge in [0.2, 0.25) is 0 Å². The van der Waals surface area contributed by atoms with E-state index in [1.807, 2.05) is 37.3 Å². The molecule has 0 spiro atoms. The molecule has 1 amide bonds. The summed E-state index contributed by atoms with van der Waals surface area (Å²) in [5.41, 5.74) is 0.951. The summed E-state index contributed by atoms with van der Waals surface area (Å²) in [6.45, 7) is 4.20. The number of ether oxygens (including phenoxy) is 2. The van der Waals surface area contributed by atoms with Gasteiger partial charge in [0, 0.05) is 24.5 Å². The highest BCUT2D eigenvalue weighted by molar-refractivity contribution is 6.05. The van der Waals surface area contributed by atoms with Crippen LogP contribution in [0.15, 0.2) is 63.4 Å². The molecule has 0 aliphatic carbocycles. The summed E-state index contributed by atoms with van der Waals surface area (Å²) in [7, 11) is 3.09. The number of fused-ring (bicyclic) bond motifs is 1. The number of furan rings is 2. The van der Waals surface area contributed by atoms with Gasteiger partial charge >= 0.3 is 0 Å². The van der Waals surface area contributed by atoms with Crippen LogP contribution in [0, 0.1) is 6.92 Å². The van der Waals surface area contributed by atoms with Crippen molar-refractivity contribution in [2.45, 2.75) is 31.9 Å². The zero-order valence-corrected chi connectivity index (χ0v) is 20.7. The first-order valence-electron chi connectivity index (χ1n) is 11.9. The van der Waals surface area contributed by atoms with Gasteiger partial charge in [0.05, 0.1) is 32.1 Å². The number of nitrogens with zero attached hydrogens (tertiary/aromatic N) is 1. The van der Waals surface area contributed by atoms with Gasteiger partial charge in [-0.15, -0.1) is 0 Å². The molecular weight excluding hydrogens is 460 g/mol. The SMILES string of the molecule is COc1ccc(OC)c(NC(=O)c2cc3cc(C4(O)CCN(Cc5ccc(C)o5)CC4)ccc3o2)c1. The summed E-state index contributed by atoms with van der Waals surface area (Å²) in [6.07, 6.45) is 1.22. The highest BCUT2D eigenvalue weighted by Gasteiger charge is 2.34. The number of hydrogen-bond acceptors (Lipinski definition) is 7. The monoisotopic (exact) mass is 490 g/mol. The average Bonchev–Trinajstić information content (AvgIpc) is 3.50. The largest absolute Gasteiger partial charge is 0.497 e. The zero-order chi connectivity index (χ0) is 25.3. The van der Waals surface area contributed by atoms with Crippen molar-refractivity contribution in [1.82, 2.24) is 4.90 Å². The molecule has 8 heteroatoms. The highest BCUT2D eigenvalue weighted by atomic mass is 16.5. The Hall–Kier alpha value is -3.75. The van der Waals surface area contributed by atoms with Crippen LogP contribution < -0.4 is 14.8 Å². The summed E-state index contributed by atoms with van der Waals surface area (Å²) < 4.78 is 22.1. The van der Waals surface area contributed by atoms with E-state index in [0.29, 0.717) is 35.6 Å². The molecule has 3 heterocycles. The smallest absolute Gasteiger partial charge is 0.291 e. The Balaban J connectivity index is 1.30. The lowest BCUT2D eigenvalue weighted by Crippen LogP contribution is -2.42. The normalized spacial score (nSPS) is 15.7. The van der Waals surface area contributed by atoms with E-state index in [0.717, 1.165) is 42.1 Å². The van der Waals surface area contributed by atoms with Crippen LogP contribution in [0.5, 0.6) is 11.5 Å². The molecule has 36 heavy (non-hydrogen) atoms. The summed E-state index contributed by atoms with van der Waals surface area (Å²) in [6, 6.07) is 16.4. The number of piperidine rings is 1. The number of methoxy groups -OCH3 is 2. The van der Waals surface area contributed by atoms with E-state index < -0.39 is 11.5 Å². The van der Waals surface area contributed by atoms with Crippen LogP contribution in [0.25, 0.3) is 11.0 Å². The van der Waals surface area contributed by atoms with Crippen LogP contribution in [0.3, 0.4) is 0 Å². The van der Waals surface area contributed by atoms with Crippen LogP contribution >= 0.6 is 0 Å². The fourth-order valence-corrected chi connectivity index (χ4v) is 4.70. The number of benzene rings is 2. The number of hydrogen-bond donors (Lipinski definition) is 2. The summed E-state index contributed by atoms with van der Waals surface area (Å²) in [4.78, 5) is 15.2. The van der Waals surface area contributed by atoms with Gasteiger partial charge in [0.1, 0.15) is 28.6 Å². The lowest BCUT2D eigenvalue weighted by atomic mass is 9.84. The topological polar surface area (TPSA) is 97.3 Å². The molecule has 2 aromatic heterocycles. The minimum absolute atomic E-state index is 0.169. The van der Waals surface area contributed by atoms with Gasteiger partial charge in [-0.3, -0.25) is 9.69 Å². The van der Waals surface area contributed by atoms with Crippen molar-refractivity contribution in [2.24, 2.45) is 0 Å². The third-order valence-electron chi connectivity index (χ3n) is 6.79. The molecular formula is C28H30N2O6. The number of aryl methyl sites for hydroxylation is 1. The Morgan fingerprint density at radius 3 is 2.53 bits per heavy atom. The van der Waals surface area contributed by atoms with Gasteiger partial charge < -0.3 is 28.7 Å². The third kappa shape index (κ3) is 4.82. The number of aliphatic hydroxyl groups is 1. The Morgan fingerprint density at radius 2 is 1.83 bits per heavy atom. The molecule has 2 N–H and O–H groups in total. The van der Waals surface area contributed by atoms with Crippen molar-refractivity contribution in [3.63, 3.8) is 0 Å². The molecule has 5 rings (SSSR count). The van der Waals surface area contributed by atoms with Crippen molar-refractivity contribution in [3.8, 4) is 11.5 Å². The van der Waals surface area contributed by atoms with Crippen LogP contribution in [0.2, 0.25) is 0 Å². The number of rotatable bonds is 7. The molecule has 0 atom stereocenters. The van der Waals surface area contributed by atoms with Gasteiger partial charge in [-0.05, 0) is 67.8 Å². The number of likely N-dealkylation sites (tertiary alicyclic amines) is 1. The summed E-state index contributed by atoms with van der Waals surface area (Å²) in [5.74, 6) is 2.72. The maximum atomic E-state index is 12.9. The van der Waals surface area contributed by atoms with Gasteiger partial charge in [0.15, 0.2) is 5.76 Å². The Bertz CT molecular complexity index is 1380.